The van der Waals surface area contributed by atoms with E-state index in [-0.39, 0.29) is 16.7 Å². The van der Waals surface area contributed by atoms with Gasteiger partial charge in [0.2, 0.25) is 0 Å². The molecule has 8 heteroatoms. The van der Waals surface area contributed by atoms with Gasteiger partial charge in [0.15, 0.2) is 5.11 Å². The molecule has 0 aliphatic rings. The van der Waals surface area contributed by atoms with E-state index < -0.39 is 11.7 Å². The lowest BCUT2D eigenvalue weighted by molar-refractivity contribution is 0.0972. The normalized spacial score (nSPS) is 10.2. The Bertz CT molecular complexity index is 1030. The summed E-state index contributed by atoms with van der Waals surface area (Å²) >= 11 is 10.9. The first-order valence-corrected chi connectivity index (χ1v) is 9.78. The van der Waals surface area contributed by atoms with Crippen LogP contribution in [0.3, 0.4) is 0 Å². The van der Waals surface area contributed by atoms with Crippen LogP contribution in [-0.2, 0) is 0 Å². The van der Waals surface area contributed by atoms with Gasteiger partial charge in [-0.25, -0.2) is 4.39 Å². The van der Waals surface area contributed by atoms with Crippen LogP contribution in [0.4, 0.5) is 10.1 Å². The number of rotatable bonds is 7. The van der Waals surface area contributed by atoms with Gasteiger partial charge in [0, 0.05) is 5.69 Å². The number of para-hydroxylation sites is 2. The zero-order valence-electron chi connectivity index (χ0n) is 15.7. The van der Waals surface area contributed by atoms with Crippen LogP contribution in [-0.4, -0.2) is 24.2 Å². The Morgan fingerprint density at radius 2 is 1.67 bits per heavy atom. The van der Waals surface area contributed by atoms with Crippen molar-refractivity contribution in [3.05, 3.63) is 89.2 Å². The molecule has 2 N–H and O–H groups in total. The molecule has 0 fully saturated rings. The third-order valence-corrected chi connectivity index (χ3v) is 4.38. The standard InChI is InChI=1S/C22H18ClFN2O3S/c23-18-14-15(10-11-19(18)24)25-22(30)26-21(27)17-8-4-5-9-20(17)29-13-12-28-16-6-2-1-3-7-16/h1-11,14H,12-13H2,(H2,25,26,27,30). The first-order chi connectivity index (χ1) is 14.5. The smallest absolute Gasteiger partial charge is 0.261 e. The molecule has 1 amide bonds. The molecule has 0 bridgehead atoms. The molecule has 3 aromatic rings. The molecule has 3 aromatic carbocycles. The molecule has 30 heavy (non-hydrogen) atoms. The van der Waals surface area contributed by atoms with E-state index in [9.17, 15) is 9.18 Å². The Balaban J connectivity index is 1.55. The Labute approximate surface area is 183 Å². The molecule has 0 aromatic heterocycles. The fraction of sp³-hybridized carbons (Fsp3) is 0.0909. The van der Waals surface area contributed by atoms with Gasteiger partial charge >= 0.3 is 0 Å². The summed E-state index contributed by atoms with van der Waals surface area (Å²) in [6.45, 7) is 0.585. The maximum Gasteiger partial charge on any atom is 0.261 e. The van der Waals surface area contributed by atoms with E-state index in [0.29, 0.717) is 23.6 Å². The van der Waals surface area contributed by atoms with Gasteiger partial charge in [0.1, 0.15) is 30.5 Å². The predicted molar refractivity (Wildman–Crippen MR) is 119 cm³/mol. The number of thiocarbonyl (C=S) groups is 1. The highest BCUT2D eigenvalue weighted by molar-refractivity contribution is 7.80. The molecule has 5 nitrogen and oxygen atoms in total. The summed E-state index contributed by atoms with van der Waals surface area (Å²) in [6, 6.07) is 20.2. The van der Waals surface area contributed by atoms with Gasteiger partial charge in [-0.15, -0.1) is 0 Å². The quantitative estimate of drug-likeness (QED) is 0.394. The van der Waals surface area contributed by atoms with Crippen molar-refractivity contribution in [1.29, 1.82) is 0 Å². The highest BCUT2D eigenvalue weighted by Crippen LogP contribution is 2.20. The molecule has 0 aliphatic heterocycles. The van der Waals surface area contributed by atoms with E-state index in [1.165, 1.54) is 18.2 Å². The summed E-state index contributed by atoms with van der Waals surface area (Å²) in [5.41, 5.74) is 0.771. The summed E-state index contributed by atoms with van der Waals surface area (Å²) in [5.74, 6) is 0.156. The summed E-state index contributed by atoms with van der Waals surface area (Å²) in [5, 5.41) is 5.35. The van der Waals surface area contributed by atoms with Crippen molar-refractivity contribution in [3.8, 4) is 11.5 Å². The van der Waals surface area contributed by atoms with E-state index in [0.717, 1.165) is 5.75 Å². The second-order valence-electron chi connectivity index (χ2n) is 6.04. The van der Waals surface area contributed by atoms with Crippen LogP contribution in [0.5, 0.6) is 11.5 Å². The monoisotopic (exact) mass is 444 g/mol. The van der Waals surface area contributed by atoms with Crippen molar-refractivity contribution in [1.82, 2.24) is 5.32 Å². The van der Waals surface area contributed by atoms with Gasteiger partial charge < -0.3 is 14.8 Å². The van der Waals surface area contributed by atoms with Crippen LogP contribution in [0.2, 0.25) is 5.02 Å². The van der Waals surface area contributed by atoms with Crippen LogP contribution in [0.1, 0.15) is 10.4 Å². The fourth-order valence-corrected chi connectivity index (χ4v) is 2.91. The first kappa shape index (κ1) is 21.5. The van der Waals surface area contributed by atoms with Crippen LogP contribution in [0, 0.1) is 5.82 Å². The SMILES string of the molecule is O=C(NC(=S)Nc1ccc(F)c(Cl)c1)c1ccccc1OCCOc1ccccc1. The lowest BCUT2D eigenvalue weighted by Gasteiger charge is -2.13. The van der Waals surface area contributed by atoms with E-state index in [2.05, 4.69) is 10.6 Å². The lowest BCUT2D eigenvalue weighted by Crippen LogP contribution is -2.34. The van der Waals surface area contributed by atoms with Gasteiger partial charge in [-0.2, -0.15) is 0 Å². The van der Waals surface area contributed by atoms with Crippen molar-refractivity contribution in [2.75, 3.05) is 18.5 Å². The van der Waals surface area contributed by atoms with Crippen molar-refractivity contribution >= 4 is 40.5 Å². The number of amides is 1. The second kappa shape index (κ2) is 10.6. The molecule has 0 radical (unpaired) electrons. The predicted octanol–water partition coefficient (Wildman–Crippen LogP) is 5.06. The van der Waals surface area contributed by atoms with E-state index in [4.69, 9.17) is 33.3 Å². The molecule has 0 unspecified atom stereocenters. The molecule has 0 saturated carbocycles. The van der Waals surface area contributed by atoms with Crippen molar-refractivity contribution in [2.45, 2.75) is 0 Å². The summed E-state index contributed by atoms with van der Waals surface area (Å²) in [4.78, 5) is 12.6. The minimum absolute atomic E-state index is 0.0462. The van der Waals surface area contributed by atoms with Crippen LogP contribution in [0.15, 0.2) is 72.8 Å². The molecular formula is C22H18ClFN2O3S. The number of halogens is 2. The molecule has 0 spiro atoms. The number of carbonyl (C=O) groups excluding carboxylic acids is 1. The average Bonchev–Trinajstić information content (AvgIpc) is 2.75. The first-order valence-electron chi connectivity index (χ1n) is 9.00. The molecule has 0 heterocycles. The Morgan fingerprint density at radius 1 is 0.967 bits per heavy atom. The molecule has 154 valence electrons. The Kier molecular flexibility index (Phi) is 7.59. The van der Waals surface area contributed by atoms with E-state index >= 15 is 0 Å². The second-order valence-corrected chi connectivity index (χ2v) is 6.86. The number of anilines is 1. The summed E-state index contributed by atoms with van der Waals surface area (Å²) in [7, 11) is 0. The van der Waals surface area contributed by atoms with Gasteiger partial charge in [-0.3, -0.25) is 10.1 Å². The van der Waals surface area contributed by atoms with Crippen LogP contribution >= 0.6 is 23.8 Å². The zero-order chi connectivity index (χ0) is 21.3. The third kappa shape index (κ3) is 6.17. The van der Waals surface area contributed by atoms with E-state index in [1.54, 1.807) is 24.3 Å². The maximum absolute atomic E-state index is 13.3. The third-order valence-electron chi connectivity index (χ3n) is 3.89. The Morgan fingerprint density at radius 3 is 2.43 bits per heavy atom. The van der Waals surface area contributed by atoms with Gasteiger partial charge in [-0.05, 0) is 54.7 Å². The van der Waals surface area contributed by atoms with E-state index in [1.807, 2.05) is 30.3 Å². The average molecular weight is 445 g/mol. The lowest BCUT2D eigenvalue weighted by atomic mass is 10.2. The van der Waals surface area contributed by atoms with Crippen LogP contribution in [0.25, 0.3) is 0 Å². The number of benzene rings is 3. The van der Waals surface area contributed by atoms with Crippen LogP contribution < -0.4 is 20.1 Å². The molecule has 3 rings (SSSR count). The largest absolute Gasteiger partial charge is 0.490 e. The van der Waals surface area contributed by atoms with Crippen molar-refractivity contribution in [2.24, 2.45) is 0 Å². The van der Waals surface area contributed by atoms with Crippen molar-refractivity contribution in [3.63, 3.8) is 0 Å². The highest BCUT2D eigenvalue weighted by atomic mass is 35.5. The number of hydrogen-bond donors (Lipinski definition) is 2. The molecule has 0 saturated heterocycles. The maximum atomic E-state index is 13.3. The molecule has 0 aliphatic carbocycles. The Hall–Kier alpha value is -3.16. The fourth-order valence-electron chi connectivity index (χ4n) is 2.51. The minimum Gasteiger partial charge on any atom is -0.490 e. The number of nitrogens with one attached hydrogen (secondary N) is 2. The molecule has 0 atom stereocenters. The number of ether oxygens (including phenoxy) is 2. The summed E-state index contributed by atoms with van der Waals surface area (Å²) < 4.78 is 24.5. The molecular weight excluding hydrogens is 427 g/mol. The zero-order valence-corrected chi connectivity index (χ0v) is 17.3. The van der Waals surface area contributed by atoms with Gasteiger partial charge in [0.05, 0.1) is 10.6 Å². The minimum atomic E-state index is -0.542. The highest BCUT2D eigenvalue weighted by Gasteiger charge is 2.14. The number of hydrogen-bond acceptors (Lipinski definition) is 4. The topological polar surface area (TPSA) is 59.6 Å². The van der Waals surface area contributed by atoms with Gasteiger partial charge in [0.25, 0.3) is 5.91 Å². The van der Waals surface area contributed by atoms with Crippen molar-refractivity contribution < 1.29 is 18.7 Å². The summed E-state index contributed by atoms with van der Waals surface area (Å²) in [6.07, 6.45) is 0. The number of carbonyl (C=O) groups is 1. The van der Waals surface area contributed by atoms with Gasteiger partial charge in [-0.1, -0.05) is 41.9 Å².